The number of hydrogen-bond acceptors (Lipinski definition) is 3. The SMILES string of the molecule is Cc1ccc(-c2cnc(N)[nH]2)cc1N. The number of nitrogens with two attached hydrogens (primary N) is 2. The third-order valence-corrected chi connectivity index (χ3v) is 2.19. The van der Waals surface area contributed by atoms with Crippen molar-refractivity contribution < 1.29 is 0 Å². The molecule has 4 nitrogen and oxygen atoms in total. The summed E-state index contributed by atoms with van der Waals surface area (Å²) in [7, 11) is 0. The number of nitrogens with zero attached hydrogens (tertiary/aromatic N) is 1. The molecule has 0 bridgehead atoms. The summed E-state index contributed by atoms with van der Waals surface area (Å²) in [5.41, 5.74) is 15.0. The second-order valence-corrected chi connectivity index (χ2v) is 3.25. The van der Waals surface area contributed by atoms with Crippen LogP contribution in [0, 0.1) is 6.92 Å². The van der Waals surface area contributed by atoms with Crippen molar-refractivity contribution in [3.8, 4) is 11.3 Å². The number of benzene rings is 1. The Hall–Kier alpha value is -1.97. The molecule has 0 aliphatic heterocycles. The minimum Gasteiger partial charge on any atom is -0.398 e. The lowest BCUT2D eigenvalue weighted by Gasteiger charge is -2.02. The van der Waals surface area contributed by atoms with Crippen molar-refractivity contribution >= 4 is 11.6 Å². The van der Waals surface area contributed by atoms with Gasteiger partial charge < -0.3 is 16.5 Å². The predicted molar refractivity (Wildman–Crippen MR) is 57.6 cm³/mol. The van der Waals surface area contributed by atoms with Crippen LogP contribution in [0.5, 0.6) is 0 Å². The predicted octanol–water partition coefficient (Wildman–Crippen LogP) is 1.55. The number of nitrogens with one attached hydrogen (secondary N) is 1. The van der Waals surface area contributed by atoms with Gasteiger partial charge in [-0.15, -0.1) is 0 Å². The van der Waals surface area contributed by atoms with E-state index < -0.39 is 0 Å². The van der Waals surface area contributed by atoms with E-state index in [4.69, 9.17) is 11.5 Å². The summed E-state index contributed by atoms with van der Waals surface area (Å²) in [6, 6.07) is 5.86. The number of nitrogen functional groups attached to an aromatic ring is 2. The Morgan fingerprint density at radius 3 is 2.64 bits per heavy atom. The van der Waals surface area contributed by atoms with E-state index >= 15 is 0 Å². The zero-order valence-electron chi connectivity index (χ0n) is 7.91. The number of imidazole rings is 1. The Kier molecular flexibility index (Phi) is 1.89. The number of rotatable bonds is 1. The molecule has 0 aliphatic carbocycles. The van der Waals surface area contributed by atoms with Gasteiger partial charge in [-0.3, -0.25) is 0 Å². The number of H-pyrrole nitrogens is 1. The molecular weight excluding hydrogens is 176 g/mol. The Balaban J connectivity index is 2.47. The van der Waals surface area contributed by atoms with Gasteiger partial charge in [0.2, 0.25) is 0 Å². The second kappa shape index (κ2) is 3.06. The molecule has 4 heteroatoms. The highest BCUT2D eigenvalue weighted by atomic mass is 15.0. The maximum atomic E-state index is 5.80. The zero-order valence-corrected chi connectivity index (χ0v) is 7.91. The van der Waals surface area contributed by atoms with E-state index in [0.29, 0.717) is 5.95 Å². The normalized spacial score (nSPS) is 10.4. The molecule has 1 aromatic carbocycles. The highest BCUT2D eigenvalue weighted by Crippen LogP contribution is 2.22. The van der Waals surface area contributed by atoms with Crippen molar-refractivity contribution in [1.82, 2.24) is 9.97 Å². The standard InChI is InChI=1S/C10H12N4/c1-6-2-3-7(4-8(6)11)9-5-13-10(12)14-9/h2-5H,11H2,1H3,(H3,12,13,14). The molecule has 0 unspecified atom stereocenters. The lowest BCUT2D eigenvalue weighted by molar-refractivity contribution is 1.32. The second-order valence-electron chi connectivity index (χ2n) is 3.25. The lowest BCUT2D eigenvalue weighted by atomic mass is 10.1. The third kappa shape index (κ3) is 1.42. The van der Waals surface area contributed by atoms with Gasteiger partial charge in [-0.05, 0) is 18.6 Å². The summed E-state index contributed by atoms with van der Waals surface area (Å²) >= 11 is 0. The first-order chi connectivity index (χ1) is 6.66. The molecular formula is C10H12N4. The van der Waals surface area contributed by atoms with E-state index in [2.05, 4.69) is 9.97 Å². The fraction of sp³-hybridized carbons (Fsp3) is 0.100. The van der Waals surface area contributed by atoms with E-state index in [1.165, 1.54) is 0 Å². The summed E-state index contributed by atoms with van der Waals surface area (Å²) in [5, 5.41) is 0. The molecule has 0 spiro atoms. The average Bonchev–Trinajstić information content (AvgIpc) is 2.57. The first-order valence-corrected chi connectivity index (χ1v) is 4.34. The molecule has 1 heterocycles. The summed E-state index contributed by atoms with van der Waals surface area (Å²) in [4.78, 5) is 6.88. The molecule has 5 N–H and O–H groups in total. The maximum Gasteiger partial charge on any atom is 0.197 e. The molecule has 0 fully saturated rings. The maximum absolute atomic E-state index is 5.80. The van der Waals surface area contributed by atoms with Crippen molar-refractivity contribution in [2.75, 3.05) is 11.5 Å². The first-order valence-electron chi connectivity index (χ1n) is 4.34. The van der Waals surface area contributed by atoms with Crippen LogP contribution in [0.1, 0.15) is 5.56 Å². The van der Waals surface area contributed by atoms with Crippen LogP contribution < -0.4 is 11.5 Å². The summed E-state index contributed by atoms with van der Waals surface area (Å²) in [5.74, 6) is 0.416. The summed E-state index contributed by atoms with van der Waals surface area (Å²) < 4.78 is 0. The van der Waals surface area contributed by atoms with Gasteiger partial charge in [-0.1, -0.05) is 12.1 Å². The Bertz CT molecular complexity index is 459. The van der Waals surface area contributed by atoms with Crippen molar-refractivity contribution in [1.29, 1.82) is 0 Å². The van der Waals surface area contributed by atoms with E-state index in [1.807, 2.05) is 25.1 Å². The zero-order chi connectivity index (χ0) is 10.1. The molecule has 2 aromatic rings. The highest BCUT2D eigenvalue weighted by molar-refractivity contribution is 5.66. The minimum atomic E-state index is 0.416. The van der Waals surface area contributed by atoms with Gasteiger partial charge in [-0.2, -0.15) is 0 Å². The van der Waals surface area contributed by atoms with E-state index in [9.17, 15) is 0 Å². The van der Waals surface area contributed by atoms with Crippen LogP contribution in [0.2, 0.25) is 0 Å². The van der Waals surface area contributed by atoms with Crippen LogP contribution >= 0.6 is 0 Å². The van der Waals surface area contributed by atoms with E-state index in [1.54, 1.807) is 6.20 Å². The van der Waals surface area contributed by atoms with Crippen LogP contribution in [0.25, 0.3) is 11.3 Å². The van der Waals surface area contributed by atoms with E-state index in [0.717, 1.165) is 22.5 Å². The Morgan fingerprint density at radius 2 is 2.07 bits per heavy atom. The fourth-order valence-electron chi connectivity index (χ4n) is 1.29. The van der Waals surface area contributed by atoms with Gasteiger partial charge in [0.15, 0.2) is 5.95 Å². The molecule has 0 radical (unpaired) electrons. The smallest absolute Gasteiger partial charge is 0.197 e. The Morgan fingerprint density at radius 1 is 1.29 bits per heavy atom. The molecule has 0 aliphatic rings. The van der Waals surface area contributed by atoms with Crippen LogP contribution in [0.4, 0.5) is 11.6 Å². The molecule has 72 valence electrons. The highest BCUT2D eigenvalue weighted by Gasteiger charge is 2.02. The first kappa shape index (κ1) is 8.62. The van der Waals surface area contributed by atoms with Crippen LogP contribution in [0.3, 0.4) is 0 Å². The summed E-state index contributed by atoms with van der Waals surface area (Å²) in [6.07, 6.45) is 1.69. The molecule has 14 heavy (non-hydrogen) atoms. The molecule has 0 atom stereocenters. The quantitative estimate of drug-likeness (QED) is 0.594. The monoisotopic (exact) mass is 188 g/mol. The van der Waals surface area contributed by atoms with Crippen molar-refractivity contribution in [3.05, 3.63) is 30.0 Å². The fourth-order valence-corrected chi connectivity index (χ4v) is 1.29. The lowest BCUT2D eigenvalue weighted by Crippen LogP contribution is -1.90. The number of hydrogen-bond donors (Lipinski definition) is 3. The van der Waals surface area contributed by atoms with Crippen molar-refractivity contribution in [3.63, 3.8) is 0 Å². The topological polar surface area (TPSA) is 80.7 Å². The summed E-state index contributed by atoms with van der Waals surface area (Å²) in [6.45, 7) is 1.97. The van der Waals surface area contributed by atoms with Crippen molar-refractivity contribution in [2.24, 2.45) is 0 Å². The van der Waals surface area contributed by atoms with Gasteiger partial charge >= 0.3 is 0 Å². The number of aryl methyl sites for hydroxylation is 1. The number of aromatic nitrogens is 2. The molecule has 0 saturated heterocycles. The van der Waals surface area contributed by atoms with Crippen LogP contribution in [-0.2, 0) is 0 Å². The van der Waals surface area contributed by atoms with Crippen LogP contribution in [0.15, 0.2) is 24.4 Å². The molecule has 2 rings (SSSR count). The van der Waals surface area contributed by atoms with Gasteiger partial charge in [-0.25, -0.2) is 4.98 Å². The molecule has 0 saturated carbocycles. The average molecular weight is 188 g/mol. The van der Waals surface area contributed by atoms with Gasteiger partial charge in [0.1, 0.15) is 0 Å². The Labute approximate surface area is 82.0 Å². The number of anilines is 2. The molecule has 1 aromatic heterocycles. The minimum absolute atomic E-state index is 0.416. The van der Waals surface area contributed by atoms with E-state index in [-0.39, 0.29) is 0 Å². The molecule has 0 amide bonds. The van der Waals surface area contributed by atoms with Crippen molar-refractivity contribution in [2.45, 2.75) is 6.92 Å². The largest absolute Gasteiger partial charge is 0.398 e. The van der Waals surface area contributed by atoms with Crippen LogP contribution in [-0.4, -0.2) is 9.97 Å². The van der Waals surface area contributed by atoms with Gasteiger partial charge in [0.25, 0.3) is 0 Å². The van der Waals surface area contributed by atoms with Gasteiger partial charge in [0, 0.05) is 11.3 Å². The number of aromatic amines is 1. The third-order valence-electron chi connectivity index (χ3n) is 2.19. The van der Waals surface area contributed by atoms with Gasteiger partial charge in [0.05, 0.1) is 11.9 Å².